The van der Waals surface area contributed by atoms with Crippen LogP contribution in [0.4, 0.5) is 0 Å². The van der Waals surface area contributed by atoms with Crippen LogP contribution in [0.2, 0.25) is 0 Å². The van der Waals surface area contributed by atoms with Gasteiger partial charge >= 0.3 is 5.97 Å². The predicted molar refractivity (Wildman–Crippen MR) is 68.1 cm³/mol. The summed E-state index contributed by atoms with van der Waals surface area (Å²) < 4.78 is 0. The molecular formula is C13H18N2O3. The molecule has 5 heteroatoms. The molecule has 1 unspecified atom stereocenters. The molecule has 1 atom stereocenters. The molecule has 0 saturated heterocycles. The Kier molecular flexibility index (Phi) is 5.32. The molecule has 5 nitrogen and oxygen atoms in total. The Morgan fingerprint density at radius 3 is 2.78 bits per heavy atom. The SMILES string of the molecule is CC(CCN)C(=O)NCc1cccc(C(=O)O)c1. The number of nitrogens with two attached hydrogens (primary N) is 1. The van der Waals surface area contributed by atoms with Crippen molar-refractivity contribution in [2.45, 2.75) is 19.9 Å². The Morgan fingerprint density at radius 1 is 1.44 bits per heavy atom. The van der Waals surface area contributed by atoms with E-state index in [-0.39, 0.29) is 17.4 Å². The minimum atomic E-state index is -0.973. The van der Waals surface area contributed by atoms with Crippen LogP contribution >= 0.6 is 0 Å². The van der Waals surface area contributed by atoms with Crippen LogP contribution in [0.25, 0.3) is 0 Å². The first-order valence-corrected chi connectivity index (χ1v) is 5.84. The number of rotatable bonds is 6. The van der Waals surface area contributed by atoms with Crippen molar-refractivity contribution in [2.75, 3.05) is 6.54 Å². The first-order valence-electron chi connectivity index (χ1n) is 5.84. The second-order valence-corrected chi connectivity index (χ2v) is 4.20. The Hall–Kier alpha value is -1.88. The lowest BCUT2D eigenvalue weighted by molar-refractivity contribution is -0.124. The number of aromatic carboxylic acids is 1. The molecule has 18 heavy (non-hydrogen) atoms. The lowest BCUT2D eigenvalue weighted by Gasteiger charge is -2.11. The number of carbonyl (C=O) groups excluding carboxylic acids is 1. The smallest absolute Gasteiger partial charge is 0.335 e. The molecule has 98 valence electrons. The summed E-state index contributed by atoms with van der Waals surface area (Å²) in [6.07, 6.45) is 0.640. The summed E-state index contributed by atoms with van der Waals surface area (Å²) in [5, 5.41) is 11.6. The molecule has 0 bridgehead atoms. The molecule has 0 aliphatic rings. The number of benzene rings is 1. The molecule has 0 heterocycles. The van der Waals surface area contributed by atoms with E-state index in [1.54, 1.807) is 18.2 Å². The molecule has 4 N–H and O–H groups in total. The zero-order chi connectivity index (χ0) is 13.5. The van der Waals surface area contributed by atoms with E-state index >= 15 is 0 Å². The lowest BCUT2D eigenvalue weighted by atomic mass is 10.1. The van der Waals surface area contributed by atoms with E-state index < -0.39 is 5.97 Å². The normalized spacial score (nSPS) is 11.9. The van der Waals surface area contributed by atoms with Gasteiger partial charge in [0.05, 0.1) is 5.56 Å². The van der Waals surface area contributed by atoms with Crippen LogP contribution in [0.15, 0.2) is 24.3 Å². The second-order valence-electron chi connectivity index (χ2n) is 4.20. The summed E-state index contributed by atoms with van der Waals surface area (Å²) in [4.78, 5) is 22.4. The van der Waals surface area contributed by atoms with Gasteiger partial charge in [-0.1, -0.05) is 19.1 Å². The van der Waals surface area contributed by atoms with Crippen molar-refractivity contribution in [3.05, 3.63) is 35.4 Å². The van der Waals surface area contributed by atoms with Crippen LogP contribution in [0.3, 0.4) is 0 Å². The maximum Gasteiger partial charge on any atom is 0.335 e. The Labute approximate surface area is 106 Å². The number of hydrogen-bond donors (Lipinski definition) is 3. The molecule has 0 aromatic heterocycles. The second kappa shape index (κ2) is 6.76. The van der Waals surface area contributed by atoms with Gasteiger partial charge in [0.15, 0.2) is 0 Å². The van der Waals surface area contributed by atoms with Gasteiger partial charge in [-0.15, -0.1) is 0 Å². The number of amides is 1. The highest BCUT2D eigenvalue weighted by molar-refractivity contribution is 5.87. The third-order valence-electron chi connectivity index (χ3n) is 2.69. The fraction of sp³-hybridized carbons (Fsp3) is 0.385. The highest BCUT2D eigenvalue weighted by Crippen LogP contribution is 2.06. The van der Waals surface area contributed by atoms with Crippen molar-refractivity contribution in [3.8, 4) is 0 Å². The van der Waals surface area contributed by atoms with E-state index in [0.717, 1.165) is 5.56 Å². The largest absolute Gasteiger partial charge is 0.478 e. The van der Waals surface area contributed by atoms with Gasteiger partial charge in [0.25, 0.3) is 0 Å². The maximum absolute atomic E-state index is 11.6. The van der Waals surface area contributed by atoms with E-state index in [1.807, 2.05) is 6.92 Å². The third-order valence-corrected chi connectivity index (χ3v) is 2.69. The zero-order valence-electron chi connectivity index (χ0n) is 10.3. The van der Waals surface area contributed by atoms with E-state index in [2.05, 4.69) is 5.32 Å². The van der Waals surface area contributed by atoms with E-state index in [0.29, 0.717) is 19.5 Å². The molecule has 0 spiro atoms. The highest BCUT2D eigenvalue weighted by atomic mass is 16.4. The summed E-state index contributed by atoms with van der Waals surface area (Å²) >= 11 is 0. The highest BCUT2D eigenvalue weighted by Gasteiger charge is 2.11. The molecule has 0 saturated carbocycles. The minimum absolute atomic E-state index is 0.0684. The van der Waals surface area contributed by atoms with Crippen molar-refractivity contribution in [3.63, 3.8) is 0 Å². The van der Waals surface area contributed by atoms with Gasteiger partial charge in [-0.2, -0.15) is 0 Å². The minimum Gasteiger partial charge on any atom is -0.478 e. The van der Waals surface area contributed by atoms with Crippen LogP contribution in [-0.4, -0.2) is 23.5 Å². The van der Waals surface area contributed by atoms with E-state index in [1.165, 1.54) is 6.07 Å². The van der Waals surface area contributed by atoms with Gasteiger partial charge in [0.2, 0.25) is 5.91 Å². The maximum atomic E-state index is 11.6. The molecule has 0 aliphatic carbocycles. The van der Waals surface area contributed by atoms with Gasteiger partial charge in [-0.3, -0.25) is 4.79 Å². The first kappa shape index (κ1) is 14.2. The fourth-order valence-corrected chi connectivity index (χ4v) is 1.56. The first-order chi connectivity index (χ1) is 8.54. The third kappa shape index (κ3) is 4.18. The molecule has 0 fully saturated rings. The monoisotopic (exact) mass is 250 g/mol. The number of carbonyl (C=O) groups is 2. The van der Waals surface area contributed by atoms with Gasteiger partial charge in [0, 0.05) is 12.5 Å². The lowest BCUT2D eigenvalue weighted by Crippen LogP contribution is -2.30. The molecule has 0 radical (unpaired) electrons. The Bertz CT molecular complexity index is 432. The molecule has 1 amide bonds. The van der Waals surface area contributed by atoms with Crippen molar-refractivity contribution in [1.82, 2.24) is 5.32 Å². The summed E-state index contributed by atoms with van der Waals surface area (Å²) in [6, 6.07) is 6.51. The number of carboxylic acids is 1. The van der Waals surface area contributed by atoms with Crippen LogP contribution in [0.1, 0.15) is 29.3 Å². The van der Waals surface area contributed by atoms with E-state index in [4.69, 9.17) is 10.8 Å². The molecule has 1 aromatic carbocycles. The molecule has 1 rings (SSSR count). The fourth-order valence-electron chi connectivity index (χ4n) is 1.56. The van der Waals surface area contributed by atoms with E-state index in [9.17, 15) is 9.59 Å². The number of hydrogen-bond acceptors (Lipinski definition) is 3. The molecule has 1 aromatic rings. The van der Waals surface area contributed by atoms with Crippen molar-refractivity contribution >= 4 is 11.9 Å². The quantitative estimate of drug-likeness (QED) is 0.702. The van der Waals surface area contributed by atoms with Gasteiger partial charge in [-0.05, 0) is 30.7 Å². The standard InChI is InChI=1S/C13H18N2O3/c1-9(5-6-14)12(16)15-8-10-3-2-4-11(7-10)13(17)18/h2-4,7,9H,5-6,8,14H2,1H3,(H,15,16)(H,17,18). The molecule has 0 aliphatic heterocycles. The Morgan fingerprint density at radius 2 is 2.17 bits per heavy atom. The topological polar surface area (TPSA) is 92.4 Å². The average Bonchev–Trinajstić information content (AvgIpc) is 2.36. The van der Waals surface area contributed by atoms with Crippen LogP contribution in [-0.2, 0) is 11.3 Å². The van der Waals surface area contributed by atoms with Crippen molar-refractivity contribution in [1.29, 1.82) is 0 Å². The van der Waals surface area contributed by atoms with Crippen molar-refractivity contribution in [2.24, 2.45) is 11.7 Å². The van der Waals surface area contributed by atoms with Crippen LogP contribution in [0.5, 0.6) is 0 Å². The number of nitrogens with one attached hydrogen (secondary N) is 1. The summed E-state index contributed by atoms with van der Waals surface area (Å²) in [6.45, 7) is 2.62. The predicted octanol–water partition coefficient (Wildman–Crippen LogP) is 0.986. The summed E-state index contributed by atoms with van der Waals surface area (Å²) in [7, 11) is 0. The molecular weight excluding hydrogens is 232 g/mol. The van der Waals surface area contributed by atoms with Gasteiger partial charge in [-0.25, -0.2) is 4.79 Å². The van der Waals surface area contributed by atoms with Gasteiger partial charge < -0.3 is 16.2 Å². The number of carboxylic acid groups (broad SMARTS) is 1. The van der Waals surface area contributed by atoms with Crippen LogP contribution < -0.4 is 11.1 Å². The summed E-state index contributed by atoms with van der Waals surface area (Å²) in [5.41, 5.74) is 6.37. The van der Waals surface area contributed by atoms with Gasteiger partial charge in [0.1, 0.15) is 0 Å². The Balaban J connectivity index is 2.55. The van der Waals surface area contributed by atoms with Crippen molar-refractivity contribution < 1.29 is 14.7 Å². The summed E-state index contributed by atoms with van der Waals surface area (Å²) in [5.74, 6) is -1.17. The average molecular weight is 250 g/mol. The van der Waals surface area contributed by atoms with Crippen LogP contribution in [0, 0.1) is 5.92 Å². The zero-order valence-corrected chi connectivity index (χ0v) is 10.3.